The summed E-state index contributed by atoms with van der Waals surface area (Å²) in [5.74, 6) is -3.09. The van der Waals surface area contributed by atoms with Crippen molar-refractivity contribution in [1.82, 2.24) is 0 Å². The van der Waals surface area contributed by atoms with Crippen molar-refractivity contribution in [1.29, 1.82) is 0 Å². The minimum Gasteiger partial charge on any atom is -0.545 e. The molecule has 0 saturated carbocycles. The van der Waals surface area contributed by atoms with E-state index in [1.54, 1.807) is 0 Å². The summed E-state index contributed by atoms with van der Waals surface area (Å²) in [4.78, 5) is 18.8. The van der Waals surface area contributed by atoms with E-state index in [-0.39, 0.29) is 59.1 Å². The Bertz CT molecular complexity index is 248. The second-order valence-electron chi connectivity index (χ2n) is 3.39. The smallest absolute Gasteiger partial charge is 0.545 e. The minimum atomic E-state index is -1.55. The van der Waals surface area contributed by atoms with Gasteiger partial charge < -0.3 is 19.8 Å². The Morgan fingerprint density at radius 2 is 0.889 bits per heavy atom. The summed E-state index contributed by atoms with van der Waals surface area (Å²) in [5.41, 5.74) is 2.33. The molecular formula is C12H18Na2O4. The largest absolute Gasteiger partial charge is 1.00 e. The fraction of sp³-hybridized carbons (Fsp3) is 0.333. The molecule has 0 spiro atoms. The van der Waals surface area contributed by atoms with Crippen LogP contribution < -0.4 is 69.3 Å². The van der Waals surface area contributed by atoms with Crippen LogP contribution in [0.25, 0.3) is 0 Å². The van der Waals surface area contributed by atoms with Crippen molar-refractivity contribution in [2.24, 2.45) is 0 Å². The van der Waals surface area contributed by atoms with Crippen LogP contribution in [-0.4, -0.2) is 11.9 Å². The van der Waals surface area contributed by atoms with Crippen LogP contribution in [-0.2, 0) is 9.59 Å². The summed E-state index contributed by atoms with van der Waals surface area (Å²) in [6, 6.07) is 0. The third kappa shape index (κ3) is 139. The van der Waals surface area contributed by atoms with Crippen LogP contribution in [0, 0.1) is 0 Å². The van der Waals surface area contributed by atoms with Gasteiger partial charge in [-0.2, -0.15) is 0 Å². The number of aliphatic carboxylic acids is 2. The number of carboxylic acids is 2. The molecule has 0 aromatic rings. The number of carboxylic acid groups (broad SMARTS) is 2. The molecule has 0 N–H and O–H groups in total. The molecule has 6 heteroatoms. The fourth-order valence-corrected chi connectivity index (χ4v) is 0.136. The monoisotopic (exact) mass is 272 g/mol. The Kier molecular flexibility index (Phi) is 38.3. The summed E-state index contributed by atoms with van der Waals surface area (Å²) in [7, 11) is 0. The predicted molar refractivity (Wildman–Crippen MR) is 60.1 cm³/mol. The first kappa shape index (κ1) is 30.9. The average molecular weight is 272 g/mol. The number of allylic oxidation sites excluding steroid dienone is 2. The fourth-order valence-electron chi connectivity index (χ4n) is 0.136. The molecule has 4 nitrogen and oxygen atoms in total. The zero-order valence-corrected chi connectivity index (χ0v) is 16.2. The first-order chi connectivity index (χ1) is 7.09. The molecule has 18 heavy (non-hydrogen) atoms. The number of hydrogen-bond acceptors (Lipinski definition) is 4. The molecule has 0 aliphatic heterocycles. The molecule has 0 aliphatic carbocycles. The molecule has 0 aliphatic rings. The van der Waals surface area contributed by atoms with E-state index in [1.807, 2.05) is 27.7 Å². The van der Waals surface area contributed by atoms with Crippen LogP contribution >= 0.6 is 0 Å². The van der Waals surface area contributed by atoms with Crippen molar-refractivity contribution >= 4 is 11.9 Å². The molecule has 0 rings (SSSR count). The number of hydrogen-bond donors (Lipinski definition) is 0. The van der Waals surface area contributed by atoms with Crippen molar-refractivity contribution in [3.63, 3.8) is 0 Å². The molecule has 0 bridgehead atoms. The molecular weight excluding hydrogens is 254 g/mol. The van der Waals surface area contributed by atoms with Gasteiger partial charge in [0.15, 0.2) is 0 Å². The van der Waals surface area contributed by atoms with Gasteiger partial charge in [-0.3, -0.25) is 0 Å². The summed E-state index contributed by atoms with van der Waals surface area (Å²) in [6.07, 6.45) is 0.769. The first-order valence-corrected chi connectivity index (χ1v) is 4.43. The number of carbonyl (C=O) groups excluding carboxylic acids is 2. The van der Waals surface area contributed by atoms with E-state index in [1.165, 1.54) is 11.1 Å². The summed E-state index contributed by atoms with van der Waals surface area (Å²) >= 11 is 0. The molecule has 0 unspecified atom stereocenters. The van der Waals surface area contributed by atoms with Gasteiger partial charge in [0.1, 0.15) is 0 Å². The van der Waals surface area contributed by atoms with Crippen molar-refractivity contribution in [3.05, 3.63) is 36.5 Å². The molecule has 0 saturated heterocycles. The van der Waals surface area contributed by atoms with E-state index >= 15 is 0 Å². The Morgan fingerprint density at radius 3 is 0.944 bits per heavy atom. The minimum absolute atomic E-state index is 0. The van der Waals surface area contributed by atoms with Gasteiger partial charge in [-0.1, -0.05) is 11.1 Å². The van der Waals surface area contributed by atoms with Crippen LogP contribution in [0.4, 0.5) is 0 Å². The molecule has 0 aromatic carbocycles. The molecule has 0 fully saturated rings. The van der Waals surface area contributed by atoms with E-state index in [2.05, 4.69) is 13.2 Å². The predicted octanol–water partition coefficient (Wildman–Crippen LogP) is -5.78. The summed E-state index contributed by atoms with van der Waals surface area (Å²) in [6.45, 7) is 15.0. The number of carbonyl (C=O) groups is 2. The van der Waals surface area contributed by atoms with Gasteiger partial charge in [0.2, 0.25) is 0 Å². The van der Waals surface area contributed by atoms with Crippen LogP contribution in [0.3, 0.4) is 0 Å². The maximum absolute atomic E-state index is 9.41. The van der Waals surface area contributed by atoms with Gasteiger partial charge in [0.25, 0.3) is 0 Å². The molecule has 0 amide bonds. The Hall–Kier alpha value is 0.160. The maximum atomic E-state index is 9.41. The molecule has 0 heterocycles. The average Bonchev–Trinajstić information content (AvgIpc) is 1.98. The molecule has 0 radical (unpaired) electrons. The first-order valence-electron chi connectivity index (χ1n) is 4.43. The topological polar surface area (TPSA) is 80.3 Å². The van der Waals surface area contributed by atoms with Gasteiger partial charge in [0.05, 0.1) is 11.9 Å². The van der Waals surface area contributed by atoms with Crippen LogP contribution in [0.5, 0.6) is 0 Å². The summed E-state index contributed by atoms with van der Waals surface area (Å²) < 4.78 is 0. The van der Waals surface area contributed by atoms with Crippen molar-refractivity contribution in [2.75, 3.05) is 0 Å². The third-order valence-electron chi connectivity index (χ3n) is 0.355. The second-order valence-corrected chi connectivity index (χ2v) is 3.39. The quantitative estimate of drug-likeness (QED) is 0.285. The molecule has 0 aromatic heterocycles. The van der Waals surface area contributed by atoms with Crippen molar-refractivity contribution in [2.45, 2.75) is 27.7 Å². The second kappa shape index (κ2) is 22.3. The Balaban J connectivity index is -0.0000000489. The third-order valence-corrected chi connectivity index (χ3v) is 0.355. The Labute approximate surface area is 153 Å². The number of rotatable bonds is 2. The zero-order valence-electron chi connectivity index (χ0n) is 12.2. The van der Waals surface area contributed by atoms with Crippen LogP contribution in [0.15, 0.2) is 36.5 Å². The van der Waals surface area contributed by atoms with E-state index < -0.39 is 11.9 Å². The summed E-state index contributed by atoms with van der Waals surface area (Å²) in [5, 5.41) is 18.8. The van der Waals surface area contributed by atoms with Gasteiger partial charge in [-0.25, -0.2) is 0 Å². The normalized spacial score (nSPS) is 7.11. The van der Waals surface area contributed by atoms with Crippen molar-refractivity contribution in [3.8, 4) is 0 Å². The van der Waals surface area contributed by atoms with E-state index in [0.717, 1.165) is 0 Å². The maximum Gasteiger partial charge on any atom is 1.00 e. The molecule has 92 valence electrons. The Morgan fingerprint density at radius 1 is 0.778 bits per heavy atom. The van der Waals surface area contributed by atoms with Crippen LogP contribution in [0.1, 0.15) is 27.7 Å². The van der Waals surface area contributed by atoms with E-state index in [9.17, 15) is 19.8 Å². The SMILES string of the molecule is C=C(C)C.C=C(C)C.O=C([O-])/C=C\C(=O)[O-].[Na+].[Na+]. The van der Waals surface area contributed by atoms with E-state index in [0.29, 0.717) is 12.2 Å². The standard InChI is InChI=1S/C4H4O4.2C4H8.2Na/c5-3(6)1-2-4(7)8;2*1-4(2)3;;/h1-2H,(H,5,6)(H,7,8);2*1H2,2-3H3;;/q;;;2*+1/p-2/b2-1-;;;;. The molecule has 0 atom stereocenters. The van der Waals surface area contributed by atoms with Gasteiger partial charge in [-0.05, 0) is 39.8 Å². The van der Waals surface area contributed by atoms with Crippen molar-refractivity contribution < 1.29 is 78.9 Å². The van der Waals surface area contributed by atoms with E-state index in [4.69, 9.17) is 0 Å². The van der Waals surface area contributed by atoms with Gasteiger partial charge in [-0.15, -0.1) is 13.2 Å². The van der Waals surface area contributed by atoms with Gasteiger partial charge >= 0.3 is 59.1 Å². The zero-order chi connectivity index (χ0) is 13.7. The van der Waals surface area contributed by atoms with Gasteiger partial charge in [0, 0.05) is 0 Å². The van der Waals surface area contributed by atoms with Crippen LogP contribution in [0.2, 0.25) is 0 Å².